The standard InChI is InChI=1S/C11H21N3O/c1-3-4-6-15-7-5-14-9-11(8-12)10(2)13-14/h9H,3-8,12H2,1-2H3. The summed E-state index contributed by atoms with van der Waals surface area (Å²) >= 11 is 0. The van der Waals surface area contributed by atoms with Gasteiger partial charge in [0.05, 0.1) is 18.8 Å². The molecule has 4 heteroatoms. The Hall–Kier alpha value is -0.870. The zero-order valence-electron chi connectivity index (χ0n) is 9.70. The van der Waals surface area contributed by atoms with Crippen molar-refractivity contribution < 1.29 is 4.74 Å². The molecule has 1 aromatic heterocycles. The number of nitrogens with zero attached hydrogens (tertiary/aromatic N) is 2. The Bertz CT molecular complexity index is 283. The first kappa shape index (κ1) is 12.2. The number of unbranched alkanes of at least 4 members (excludes halogenated alkanes) is 1. The average Bonchev–Trinajstić information content (AvgIpc) is 2.59. The van der Waals surface area contributed by atoms with Crippen LogP contribution in [0.1, 0.15) is 31.0 Å². The minimum atomic E-state index is 0.558. The van der Waals surface area contributed by atoms with Gasteiger partial charge < -0.3 is 10.5 Å². The molecule has 1 heterocycles. The van der Waals surface area contributed by atoms with Gasteiger partial charge in [-0.1, -0.05) is 13.3 Å². The second-order valence-electron chi connectivity index (χ2n) is 3.67. The van der Waals surface area contributed by atoms with Gasteiger partial charge in [0.25, 0.3) is 0 Å². The molecule has 0 bridgehead atoms. The largest absolute Gasteiger partial charge is 0.380 e. The van der Waals surface area contributed by atoms with E-state index in [9.17, 15) is 0 Å². The lowest BCUT2D eigenvalue weighted by Crippen LogP contribution is -2.07. The van der Waals surface area contributed by atoms with E-state index < -0.39 is 0 Å². The zero-order chi connectivity index (χ0) is 11.1. The fraction of sp³-hybridized carbons (Fsp3) is 0.727. The zero-order valence-corrected chi connectivity index (χ0v) is 9.70. The van der Waals surface area contributed by atoms with E-state index in [0.29, 0.717) is 6.54 Å². The first-order valence-electron chi connectivity index (χ1n) is 5.58. The highest BCUT2D eigenvalue weighted by atomic mass is 16.5. The van der Waals surface area contributed by atoms with Crippen molar-refractivity contribution in [2.75, 3.05) is 13.2 Å². The van der Waals surface area contributed by atoms with Gasteiger partial charge in [-0.2, -0.15) is 5.10 Å². The van der Waals surface area contributed by atoms with E-state index in [-0.39, 0.29) is 0 Å². The Morgan fingerprint density at radius 2 is 2.27 bits per heavy atom. The van der Waals surface area contributed by atoms with Crippen molar-refractivity contribution in [2.24, 2.45) is 5.73 Å². The predicted molar refractivity (Wildman–Crippen MR) is 60.6 cm³/mol. The molecule has 4 nitrogen and oxygen atoms in total. The maximum absolute atomic E-state index is 5.57. The molecule has 0 aliphatic heterocycles. The summed E-state index contributed by atoms with van der Waals surface area (Å²) in [4.78, 5) is 0. The molecule has 0 saturated carbocycles. The third-order valence-electron chi connectivity index (χ3n) is 2.37. The number of ether oxygens (including phenoxy) is 1. The number of hydrogen-bond acceptors (Lipinski definition) is 3. The van der Waals surface area contributed by atoms with Crippen molar-refractivity contribution in [3.8, 4) is 0 Å². The maximum atomic E-state index is 5.57. The summed E-state index contributed by atoms with van der Waals surface area (Å²) in [6.07, 6.45) is 4.31. The molecule has 1 aromatic rings. The Balaban J connectivity index is 2.25. The molecule has 0 radical (unpaired) electrons. The highest BCUT2D eigenvalue weighted by Crippen LogP contribution is 2.03. The van der Waals surface area contributed by atoms with Crippen LogP contribution in [0.15, 0.2) is 6.20 Å². The molecule has 0 saturated heterocycles. The van der Waals surface area contributed by atoms with E-state index >= 15 is 0 Å². The van der Waals surface area contributed by atoms with Gasteiger partial charge >= 0.3 is 0 Å². The van der Waals surface area contributed by atoms with E-state index in [2.05, 4.69) is 12.0 Å². The molecular weight excluding hydrogens is 190 g/mol. The lowest BCUT2D eigenvalue weighted by Gasteiger charge is -2.03. The summed E-state index contributed by atoms with van der Waals surface area (Å²) in [5.41, 5.74) is 7.71. The van der Waals surface area contributed by atoms with Gasteiger partial charge in [0.2, 0.25) is 0 Å². The highest BCUT2D eigenvalue weighted by Gasteiger charge is 2.01. The monoisotopic (exact) mass is 211 g/mol. The molecule has 1 rings (SSSR count). The Morgan fingerprint density at radius 1 is 1.47 bits per heavy atom. The average molecular weight is 211 g/mol. The summed E-state index contributed by atoms with van der Waals surface area (Å²) in [5, 5.41) is 4.36. The van der Waals surface area contributed by atoms with Gasteiger partial charge in [0.15, 0.2) is 0 Å². The first-order valence-corrected chi connectivity index (χ1v) is 5.58. The SMILES string of the molecule is CCCCOCCn1cc(CN)c(C)n1. The fourth-order valence-corrected chi connectivity index (χ4v) is 1.38. The molecule has 0 amide bonds. The molecule has 0 unspecified atom stereocenters. The van der Waals surface area contributed by atoms with Crippen LogP contribution >= 0.6 is 0 Å². The number of rotatable bonds is 7. The molecular formula is C11H21N3O. The first-order chi connectivity index (χ1) is 7.27. The maximum Gasteiger partial charge on any atom is 0.0662 e. The molecule has 0 spiro atoms. The minimum absolute atomic E-state index is 0.558. The van der Waals surface area contributed by atoms with Crippen LogP contribution in [0.4, 0.5) is 0 Å². The summed E-state index contributed by atoms with van der Waals surface area (Å²) in [7, 11) is 0. The van der Waals surface area contributed by atoms with E-state index in [1.54, 1.807) is 0 Å². The summed E-state index contributed by atoms with van der Waals surface area (Å²) in [6, 6.07) is 0. The lowest BCUT2D eigenvalue weighted by molar-refractivity contribution is 0.121. The van der Waals surface area contributed by atoms with Crippen LogP contribution in [-0.2, 0) is 17.8 Å². The second-order valence-corrected chi connectivity index (χ2v) is 3.67. The predicted octanol–water partition coefficient (Wildman–Crippen LogP) is 1.47. The summed E-state index contributed by atoms with van der Waals surface area (Å²) < 4.78 is 7.37. The summed E-state index contributed by atoms with van der Waals surface area (Å²) in [6.45, 7) is 7.09. The van der Waals surface area contributed by atoms with Crippen molar-refractivity contribution in [2.45, 2.75) is 39.8 Å². The van der Waals surface area contributed by atoms with Crippen LogP contribution in [0.2, 0.25) is 0 Å². The van der Waals surface area contributed by atoms with Gasteiger partial charge in [-0.3, -0.25) is 4.68 Å². The third-order valence-corrected chi connectivity index (χ3v) is 2.37. The van der Waals surface area contributed by atoms with Gasteiger partial charge in [-0.25, -0.2) is 0 Å². The van der Waals surface area contributed by atoms with Crippen molar-refractivity contribution in [3.63, 3.8) is 0 Å². The Morgan fingerprint density at radius 3 is 2.87 bits per heavy atom. The van der Waals surface area contributed by atoms with Gasteiger partial charge in [-0.15, -0.1) is 0 Å². The molecule has 86 valence electrons. The molecule has 2 N–H and O–H groups in total. The number of aromatic nitrogens is 2. The number of hydrogen-bond donors (Lipinski definition) is 1. The van der Waals surface area contributed by atoms with Gasteiger partial charge in [0.1, 0.15) is 0 Å². The number of aryl methyl sites for hydroxylation is 1. The minimum Gasteiger partial charge on any atom is -0.380 e. The normalized spacial score (nSPS) is 10.9. The number of nitrogens with two attached hydrogens (primary N) is 1. The van der Waals surface area contributed by atoms with E-state index in [0.717, 1.165) is 37.4 Å². The van der Waals surface area contributed by atoms with Crippen LogP contribution in [0.25, 0.3) is 0 Å². The molecule has 0 atom stereocenters. The highest BCUT2D eigenvalue weighted by molar-refractivity contribution is 5.14. The van der Waals surface area contributed by atoms with Gasteiger partial charge in [-0.05, 0) is 13.3 Å². The van der Waals surface area contributed by atoms with Crippen LogP contribution in [-0.4, -0.2) is 23.0 Å². The topological polar surface area (TPSA) is 53.1 Å². The summed E-state index contributed by atoms with van der Waals surface area (Å²) in [5.74, 6) is 0. The molecule has 15 heavy (non-hydrogen) atoms. The van der Waals surface area contributed by atoms with E-state index in [1.807, 2.05) is 17.8 Å². The second kappa shape index (κ2) is 6.58. The van der Waals surface area contributed by atoms with Crippen molar-refractivity contribution in [1.82, 2.24) is 9.78 Å². The van der Waals surface area contributed by atoms with E-state index in [1.165, 1.54) is 6.42 Å². The molecule has 0 aromatic carbocycles. The lowest BCUT2D eigenvalue weighted by atomic mass is 10.3. The van der Waals surface area contributed by atoms with Crippen LogP contribution in [0, 0.1) is 6.92 Å². The Labute approximate surface area is 91.4 Å². The van der Waals surface area contributed by atoms with E-state index in [4.69, 9.17) is 10.5 Å². The van der Waals surface area contributed by atoms with Crippen LogP contribution in [0.5, 0.6) is 0 Å². The van der Waals surface area contributed by atoms with Crippen molar-refractivity contribution >= 4 is 0 Å². The van der Waals surface area contributed by atoms with Crippen molar-refractivity contribution in [3.05, 3.63) is 17.5 Å². The fourth-order valence-electron chi connectivity index (χ4n) is 1.38. The van der Waals surface area contributed by atoms with Crippen LogP contribution in [0.3, 0.4) is 0 Å². The third kappa shape index (κ3) is 4.01. The van der Waals surface area contributed by atoms with Gasteiger partial charge in [0, 0.05) is 24.9 Å². The Kier molecular flexibility index (Phi) is 5.36. The molecule has 0 aliphatic rings. The van der Waals surface area contributed by atoms with Crippen molar-refractivity contribution in [1.29, 1.82) is 0 Å². The quantitative estimate of drug-likeness (QED) is 0.695. The molecule has 0 fully saturated rings. The molecule has 0 aliphatic carbocycles. The smallest absolute Gasteiger partial charge is 0.0662 e. The van der Waals surface area contributed by atoms with Crippen LogP contribution < -0.4 is 5.73 Å².